The number of nitro groups is 1. The Morgan fingerprint density at radius 1 is 1.32 bits per heavy atom. The first-order chi connectivity index (χ1) is 9.22. The van der Waals surface area contributed by atoms with Gasteiger partial charge in [-0.3, -0.25) is 10.1 Å². The molecule has 0 saturated heterocycles. The molecule has 0 atom stereocenters. The fourth-order valence-corrected chi connectivity index (χ4v) is 1.64. The van der Waals surface area contributed by atoms with E-state index in [-0.39, 0.29) is 11.4 Å². The number of nitrogens with zero attached hydrogens (tertiary/aromatic N) is 2. The van der Waals surface area contributed by atoms with Crippen molar-refractivity contribution >= 4 is 5.69 Å². The van der Waals surface area contributed by atoms with Crippen LogP contribution >= 0.6 is 0 Å². The van der Waals surface area contributed by atoms with Crippen LogP contribution in [0.25, 0.3) is 0 Å². The summed E-state index contributed by atoms with van der Waals surface area (Å²) in [6.07, 6.45) is 1.59. The van der Waals surface area contributed by atoms with Gasteiger partial charge in [-0.05, 0) is 19.2 Å². The molecule has 0 aliphatic heterocycles. The molecule has 0 saturated carbocycles. The molecule has 0 spiro atoms. The summed E-state index contributed by atoms with van der Waals surface area (Å²) >= 11 is 0. The number of rotatable bonds is 5. The Morgan fingerprint density at radius 2 is 2.11 bits per heavy atom. The second kappa shape index (κ2) is 5.92. The first kappa shape index (κ1) is 13.0. The molecule has 0 radical (unpaired) electrons. The number of para-hydroxylation sites is 2. The minimum Gasteiger partial charge on any atom is -0.431 e. The predicted octanol–water partition coefficient (Wildman–Crippen LogP) is 2.50. The quantitative estimate of drug-likeness (QED) is 0.659. The maximum Gasteiger partial charge on any atom is 0.311 e. The van der Waals surface area contributed by atoms with Gasteiger partial charge in [0.25, 0.3) is 0 Å². The Kier molecular flexibility index (Phi) is 4.04. The van der Waals surface area contributed by atoms with Crippen LogP contribution in [0, 0.1) is 10.1 Å². The summed E-state index contributed by atoms with van der Waals surface area (Å²) in [7, 11) is 1.81. The van der Waals surface area contributed by atoms with Gasteiger partial charge in [0, 0.05) is 24.4 Å². The van der Waals surface area contributed by atoms with Crippen LogP contribution in [-0.2, 0) is 6.54 Å². The predicted molar refractivity (Wildman–Crippen MR) is 70.2 cm³/mol. The van der Waals surface area contributed by atoms with Crippen LogP contribution in [0.4, 0.5) is 5.69 Å². The van der Waals surface area contributed by atoms with E-state index in [1.54, 1.807) is 30.5 Å². The third-order valence-corrected chi connectivity index (χ3v) is 2.49. The summed E-state index contributed by atoms with van der Waals surface area (Å²) in [4.78, 5) is 14.5. The third kappa shape index (κ3) is 3.05. The molecule has 1 heterocycles. The summed E-state index contributed by atoms with van der Waals surface area (Å²) in [6, 6.07) is 9.87. The van der Waals surface area contributed by atoms with Crippen LogP contribution < -0.4 is 10.1 Å². The van der Waals surface area contributed by atoms with E-state index >= 15 is 0 Å². The fourth-order valence-electron chi connectivity index (χ4n) is 1.64. The highest BCUT2D eigenvalue weighted by molar-refractivity contribution is 5.48. The lowest BCUT2D eigenvalue weighted by atomic mass is 10.2. The van der Waals surface area contributed by atoms with E-state index in [0.29, 0.717) is 12.4 Å². The van der Waals surface area contributed by atoms with Crippen LogP contribution in [0.3, 0.4) is 0 Å². The molecule has 1 aromatic heterocycles. The molecular weight excluding hydrogens is 246 g/mol. The number of hydrogen-bond acceptors (Lipinski definition) is 5. The second-order valence-corrected chi connectivity index (χ2v) is 3.82. The molecule has 19 heavy (non-hydrogen) atoms. The standard InChI is InChI=1S/C13H13N3O3/c1-14-9-10-5-4-8-15-13(10)19-12-7-3-2-6-11(12)16(17)18/h2-8,14H,9H2,1H3. The largest absolute Gasteiger partial charge is 0.431 e. The maximum atomic E-state index is 10.9. The summed E-state index contributed by atoms with van der Waals surface area (Å²) < 4.78 is 5.56. The Balaban J connectivity index is 2.34. The molecule has 6 heteroatoms. The second-order valence-electron chi connectivity index (χ2n) is 3.82. The summed E-state index contributed by atoms with van der Waals surface area (Å²) in [5.74, 6) is 0.551. The van der Waals surface area contributed by atoms with E-state index in [1.165, 1.54) is 6.07 Å². The van der Waals surface area contributed by atoms with Gasteiger partial charge in [-0.15, -0.1) is 0 Å². The van der Waals surface area contributed by atoms with Crippen LogP contribution in [-0.4, -0.2) is 17.0 Å². The smallest absolute Gasteiger partial charge is 0.311 e. The first-order valence-corrected chi connectivity index (χ1v) is 5.72. The van der Waals surface area contributed by atoms with Gasteiger partial charge >= 0.3 is 5.69 Å². The number of hydrogen-bond donors (Lipinski definition) is 1. The highest BCUT2D eigenvalue weighted by Gasteiger charge is 2.16. The van der Waals surface area contributed by atoms with Crippen molar-refractivity contribution < 1.29 is 9.66 Å². The minimum absolute atomic E-state index is 0.0800. The van der Waals surface area contributed by atoms with Crippen LogP contribution in [0.15, 0.2) is 42.6 Å². The van der Waals surface area contributed by atoms with E-state index in [2.05, 4.69) is 10.3 Å². The van der Waals surface area contributed by atoms with Gasteiger partial charge in [-0.2, -0.15) is 0 Å². The van der Waals surface area contributed by atoms with Crippen LogP contribution in [0.2, 0.25) is 0 Å². The lowest BCUT2D eigenvalue weighted by Crippen LogP contribution is -2.07. The average Bonchev–Trinajstić information content (AvgIpc) is 2.42. The van der Waals surface area contributed by atoms with Gasteiger partial charge < -0.3 is 10.1 Å². The number of ether oxygens (including phenoxy) is 1. The average molecular weight is 259 g/mol. The molecule has 0 unspecified atom stereocenters. The Labute approximate surface area is 110 Å². The molecule has 98 valence electrons. The monoisotopic (exact) mass is 259 g/mol. The summed E-state index contributed by atoms with van der Waals surface area (Å²) in [5, 5.41) is 13.9. The van der Waals surface area contributed by atoms with Gasteiger partial charge in [0.1, 0.15) is 0 Å². The molecule has 1 N–H and O–H groups in total. The van der Waals surface area contributed by atoms with Crippen molar-refractivity contribution in [1.29, 1.82) is 0 Å². The number of nitro benzene ring substituents is 1. The molecule has 2 aromatic rings. The van der Waals surface area contributed by atoms with E-state index in [9.17, 15) is 10.1 Å². The molecule has 0 amide bonds. The highest BCUT2D eigenvalue weighted by Crippen LogP contribution is 2.31. The van der Waals surface area contributed by atoms with Crippen molar-refractivity contribution in [3.8, 4) is 11.6 Å². The fraction of sp³-hybridized carbons (Fsp3) is 0.154. The molecule has 1 aromatic carbocycles. The first-order valence-electron chi connectivity index (χ1n) is 5.72. The number of pyridine rings is 1. The zero-order valence-corrected chi connectivity index (χ0v) is 10.4. The lowest BCUT2D eigenvalue weighted by Gasteiger charge is -2.09. The number of nitrogens with one attached hydrogen (secondary N) is 1. The normalized spacial score (nSPS) is 10.2. The molecule has 6 nitrogen and oxygen atoms in total. The van der Waals surface area contributed by atoms with Gasteiger partial charge in [0.05, 0.1) is 4.92 Å². The molecule has 0 aliphatic carbocycles. The SMILES string of the molecule is CNCc1cccnc1Oc1ccccc1[N+](=O)[O-]. The van der Waals surface area contributed by atoms with E-state index in [1.807, 2.05) is 13.1 Å². The maximum absolute atomic E-state index is 10.9. The van der Waals surface area contributed by atoms with Gasteiger partial charge in [-0.25, -0.2) is 4.98 Å². The van der Waals surface area contributed by atoms with Crippen molar-refractivity contribution in [3.05, 3.63) is 58.3 Å². The van der Waals surface area contributed by atoms with Crippen molar-refractivity contribution in [2.75, 3.05) is 7.05 Å². The van der Waals surface area contributed by atoms with Crippen LogP contribution in [0.5, 0.6) is 11.6 Å². The van der Waals surface area contributed by atoms with E-state index in [0.717, 1.165) is 5.56 Å². The zero-order valence-electron chi connectivity index (χ0n) is 10.4. The Morgan fingerprint density at radius 3 is 2.84 bits per heavy atom. The molecule has 0 bridgehead atoms. The molecule has 2 rings (SSSR count). The van der Waals surface area contributed by atoms with Crippen LogP contribution in [0.1, 0.15) is 5.56 Å². The molecule has 0 aliphatic rings. The van der Waals surface area contributed by atoms with Gasteiger partial charge in [-0.1, -0.05) is 18.2 Å². The molecular formula is C13H13N3O3. The minimum atomic E-state index is -0.476. The van der Waals surface area contributed by atoms with Gasteiger partial charge in [0.2, 0.25) is 11.6 Å². The summed E-state index contributed by atoms with van der Waals surface area (Å²) in [5.41, 5.74) is 0.756. The van der Waals surface area contributed by atoms with Crippen molar-refractivity contribution in [2.45, 2.75) is 6.54 Å². The van der Waals surface area contributed by atoms with E-state index < -0.39 is 4.92 Å². The number of benzene rings is 1. The Hall–Kier alpha value is -2.47. The molecule has 0 fully saturated rings. The van der Waals surface area contributed by atoms with E-state index in [4.69, 9.17) is 4.74 Å². The number of aromatic nitrogens is 1. The van der Waals surface area contributed by atoms with Gasteiger partial charge in [0.15, 0.2) is 0 Å². The van der Waals surface area contributed by atoms with Crippen molar-refractivity contribution in [3.63, 3.8) is 0 Å². The topological polar surface area (TPSA) is 77.3 Å². The third-order valence-electron chi connectivity index (χ3n) is 2.49. The highest BCUT2D eigenvalue weighted by atomic mass is 16.6. The summed E-state index contributed by atoms with van der Waals surface area (Å²) in [6.45, 7) is 0.573. The zero-order chi connectivity index (χ0) is 13.7. The van der Waals surface area contributed by atoms with Crippen molar-refractivity contribution in [2.24, 2.45) is 0 Å². The lowest BCUT2D eigenvalue weighted by molar-refractivity contribution is -0.385. The Bertz CT molecular complexity index is 587. The van der Waals surface area contributed by atoms with Crippen molar-refractivity contribution in [1.82, 2.24) is 10.3 Å².